The van der Waals surface area contributed by atoms with Gasteiger partial charge in [-0.15, -0.1) is 0 Å². The zero-order valence-corrected chi connectivity index (χ0v) is 27.1. The minimum atomic E-state index is -0.431. The Hall–Kier alpha value is -4.71. The molecule has 12 nitrogen and oxygen atoms in total. The summed E-state index contributed by atoms with van der Waals surface area (Å²) in [6.07, 6.45) is 3.59. The lowest BCUT2D eigenvalue weighted by Crippen LogP contribution is -2.46. The Morgan fingerprint density at radius 2 is 1.96 bits per heavy atom. The number of piperidine rings is 2. The zero-order valence-electron chi connectivity index (χ0n) is 26.4. The second-order valence-corrected chi connectivity index (χ2v) is 12.8. The van der Waals surface area contributed by atoms with Crippen molar-refractivity contribution in [2.45, 2.75) is 44.6 Å². The average Bonchev–Trinajstić information content (AvgIpc) is 3.34. The van der Waals surface area contributed by atoms with Crippen molar-refractivity contribution in [3.8, 4) is 0 Å². The van der Waals surface area contributed by atoms with Gasteiger partial charge in [-0.1, -0.05) is 30.7 Å². The van der Waals surface area contributed by atoms with Gasteiger partial charge in [0.2, 0.25) is 23.7 Å². The molecule has 2 aliphatic heterocycles. The molecular formula is C33H38ClN9O3. The monoisotopic (exact) mass is 643 g/mol. The molecular weight excluding hydrogens is 606 g/mol. The highest BCUT2D eigenvalue weighted by Gasteiger charge is 2.32. The molecule has 2 saturated heterocycles. The van der Waals surface area contributed by atoms with Crippen molar-refractivity contribution in [1.82, 2.24) is 30.0 Å². The van der Waals surface area contributed by atoms with Crippen LogP contribution in [0.1, 0.15) is 43.4 Å². The molecule has 3 atom stereocenters. The van der Waals surface area contributed by atoms with Crippen LogP contribution in [0.15, 0.2) is 48.7 Å². The van der Waals surface area contributed by atoms with E-state index in [1.165, 1.54) is 0 Å². The van der Waals surface area contributed by atoms with Gasteiger partial charge in [0, 0.05) is 63.5 Å². The fourth-order valence-corrected chi connectivity index (χ4v) is 6.31. The molecule has 2 aromatic heterocycles. The maximum Gasteiger partial charge on any atom is 0.235 e. The number of likely N-dealkylation sites (N-methyl/N-ethyl adjacent to an activating group) is 1. The number of aryl methyl sites for hydroxylation is 1. The lowest BCUT2D eigenvalue weighted by atomic mass is 9.92. The zero-order chi connectivity index (χ0) is 32.5. The van der Waals surface area contributed by atoms with E-state index >= 15 is 0 Å². The number of carbonyl (C=O) groups excluding carboxylic acids is 3. The molecule has 0 aliphatic carbocycles. The third kappa shape index (κ3) is 6.62. The van der Waals surface area contributed by atoms with Crippen LogP contribution in [0.2, 0.25) is 5.02 Å². The van der Waals surface area contributed by atoms with Crippen molar-refractivity contribution in [2.75, 3.05) is 42.7 Å². The van der Waals surface area contributed by atoms with Gasteiger partial charge in [-0.25, -0.2) is 4.98 Å². The summed E-state index contributed by atoms with van der Waals surface area (Å²) in [4.78, 5) is 49.4. The lowest BCUT2D eigenvalue weighted by molar-refractivity contribution is -0.134. The van der Waals surface area contributed by atoms with E-state index in [0.717, 1.165) is 47.4 Å². The summed E-state index contributed by atoms with van der Waals surface area (Å²) < 4.78 is 1.80. The number of carbonyl (C=O) groups is 3. The van der Waals surface area contributed by atoms with Gasteiger partial charge in [-0.05, 0) is 54.7 Å². The van der Waals surface area contributed by atoms with Crippen molar-refractivity contribution >= 4 is 63.4 Å². The summed E-state index contributed by atoms with van der Waals surface area (Å²) in [5.74, 6) is 0.489. The molecule has 1 unspecified atom stereocenters. The summed E-state index contributed by atoms with van der Waals surface area (Å²) in [5.41, 5.74) is 4.31. The Labute approximate surface area is 272 Å². The number of imide groups is 1. The van der Waals surface area contributed by atoms with E-state index in [4.69, 9.17) is 16.6 Å². The van der Waals surface area contributed by atoms with Crippen LogP contribution in [0.3, 0.4) is 0 Å². The molecule has 6 rings (SSSR count). The second kappa shape index (κ2) is 13.0. The molecule has 2 aliphatic rings. The topological polar surface area (TPSA) is 137 Å². The predicted octanol–water partition coefficient (Wildman–Crippen LogP) is 4.24. The Kier molecular flexibility index (Phi) is 8.81. The van der Waals surface area contributed by atoms with Gasteiger partial charge in [0.15, 0.2) is 5.82 Å². The molecule has 0 spiro atoms. The van der Waals surface area contributed by atoms with Crippen LogP contribution >= 0.6 is 11.6 Å². The summed E-state index contributed by atoms with van der Waals surface area (Å²) in [6, 6.07) is 14.0. The molecule has 2 fully saturated rings. The van der Waals surface area contributed by atoms with Crippen molar-refractivity contribution in [2.24, 2.45) is 13.0 Å². The lowest BCUT2D eigenvalue weighted by Gasteiger charge is -2.37. The number of fused-ring (bicyclic) bond motifs is 1. The minimum absolute atomic E-state index is 0.0305. The molecule has 3 amide bonds. The van der Waals surface area contributed by atoms with Crippen LogP contribution in [-0.2, 0) is 27.9 Å². The smallest absolute Gasteiger partial charge is 0.235 e. The Bertz CT molecular complexity index is 1810. The van der Waals surface area contributed by atoms with Gasteiger partial charge in [0.1, 0.15) is 5.02 Å². The van der Waals surface area contributed by atoms with Gasteiger partial charge in [-0.3, -0.25) is 24.4 Å². The molecule has 240 valence electrons. The predicted molar refractivity (Wildman–Crippen MR) is 178 cm³/mol. The quantitative estimate of drug-likeness (QED) is 0.241. The normalized spacial score (nSPS) is 20.0. The van der Waals surface area contributed by atoms with E-state index < -0.39 is 5.92 Å². The first-order valence-corrected chi connectivity index (χ1v) is 15.8. The highest BCUT2D eigenvalue weighted by Crippen LogP contribution is 2.33. The second-order valence-electron chi connectivity index (χ2n) is 12.4. The third-order valence-electron chi connectivity index (χ3n) is 8.76. The fraction of sp³-hybridized carbons (Fsp3) is 0.394. The van der Waals surface area contributed by atoms with Crippen LogP contribution in [-0.4, -0.2) is 75.6 Å². The number of aromatic nitrogens is 4. The van der Waals surface area contributed by atoms with E-state index in [9.17, 15) is 14.4 Å². The molecule has 4 aromatic rings. The maximum absolute atomic E-state index is 12.5. The Morgan fingerprint density at radius 1 is 1.13 bits per heavy atom. The highest BCUT2D eigenvalue weighted by atomic mass is 35.5. The molecule has 4 heterocycles. The largest absolute Gasteiger partial charge is 0.382 e. The molecule has 0 bridgehead atoms. The summed E-state index contributed by atoms with van der Waals surface area (Å²) >= 11 is 6.49. The summed E-state index contributed by atoms with van der Waals surface area (Å²) in [6.45, 7) is 3.73. The first kappa shape index (κ1) is 31.3. The number of hydrogen-bond donors (Lipinski definition) is 3. The van der Waals surface area contributed by atoms with Crippen LogP contribution < -0.4 is 20.9 Å². The van der Waals surface area contributed by atoms with Gasteiger partial charge >= 0.3 is 0 Å². The fourth-order valence-electron chi connectivity index (χ4n) is 6.17. The average molecular weight is 644 g/mol. The van der Waals surface area contributed by atoms with E-state index in [2.05, 4.69) is 43.9 Å². The Morgan fingerprint density at radius 3 is 2.72 bits per heavy atom. The summed E-state index contributed by atoms with van der Waals surface area (Å²) in [5, 5.41) is 15.4. The van der Waals surface area contributed by atoms with Crippen molar-refractivity contribution in [3.05, 3.63) is 64.9 Å². The summed E-state index contributed by atoms with van der Waals surface area (Å²) in [7, 11) is 5.37. The standard InChI is InChI=1S/C33H38ClN9O3/c1-19-18-43(33-35-17-25(34)31(39-33)37-21-7-5-6-20(14-21)15-29(45)41(2)3)13-12-26(19)36-22-8-9-23-27(16-22)42(4)40-30(23)24-10-11-28(44)38-32(24)46/h5-9,14,16-17,19,24,26,36H,10-13,15,18H2,1-4H3,(H,35,37,39)(H,38,44,46)/t19-,24?,26-/m1/s1. The van der Waals surface area contributed by atoms with Crippen LogP contribution in [0.5, 0.6) is 0 Å². The number of nitrogens with one attached hydrogen (secondary N) is 3. The molecule has 2 aromatic carbocycles. The van der Waals surface area contributed by atoms with Crippen LogP contribution in [0, 0.1) is 5.92 Å². The first-order valence-electron chi connectivity index (χ1n) is 15.5. The number of anilines is 4. The molecule has 3 N–H and O–H groups in total. The molecule has 0 radical (unpaired) electrons. The highest BCUT2D eigenvalue weighted by molar-refractivity contribution is 6.32. The molecule has 46 heavy (non-hydrogen) atoms. The van der Waals surface area contributed by atoms with E-state index in [-0.39, 0.29) is 29.7 Å². The van der Waals surface area contributed by atoms with Crippen LogP contribution in [0.4, 0.5) is 23.1 Å². The SMILES string of the molecule is C[C@@H]1CN(c2ncc(Cl)c(Nc3cccc(CC(=O)N(C)C)c3)n2)CC[C@H]1Nc1ccc2c(C3CCC(=O)NC3=O)nn(C)c2c1. The van der Waals surface area contributed by atoms with E-state index in [1.54, 1.807) is 29.9 Å². The van der Waals surface area contributed by atoms with Gasteiger partial charge in [0.05, 0.1) is 29.7 Å². The molecule has 13 heteroatoms. The van der Waals surface area contributed by atoms with Gasteiger partial charge in [0.25, 0.3) is 0 Å². The van der Waals surface area contributed by atoms with Crippen molar-refractivity contribution < 1.29 is 14.4 Å². The number of nitrogens with zero attached hydrogens (tertiary/aromatic N) is 6. The van der Waals surface area contributed by atoms with Gasteiger partial charge < -0.3 is 20.4 Å². The number of rotatable bonds is 8. The van der Waals surface area contributed by atoms with E-state index in [0.29, 0.717) is 41.7 Å². The van der Waals surface area contributed by atoms with Crippen molar-refractivity contribution in [1.29, 1.82) is 0 Å². The minimum Gasteiger partial charge on any atom is -0.382 e. The maximum atomic E-state index is 12.5. The number of hydrogen-bond acceptors (Lipinski definition) is 9. The number of amides is 3. The van der Waals surface area contributed by atoms with Crippen LogP contribution in [0.25, 0.3) is 10.9 Å². The Balaban J connectivity index is 1.11. The van der Waals surface area contributed by atoms with Crippen molar-refractivity contribution in [3.63, 3.8) is 0 Å². The number of benzene rings is 2. The third-order valence-corrected chi connectivity index (χ3v) is 9.04. The van der Waals surface area contributed by atoms with E-state index in [1.807, 2.05) is 43.4 Å². The first-order chi connectivity index (χ1) is 22.0. The van der Waals surface area contributed by atoms with Gasteiger partial charge in [-0.2, -0.15) is 10.1 Å². The number of halogens is 1. The molecule has 0 saturated carbocycles.